The highest BCUT2D eigenvalue weighted by atomic mass is 32.1. The topological polar surface area (TPSA) is 29.3 Å². The largest absolute Gasteiger partial charge is 0.327 e. The highest BCUT2D eigenvalue weighted by Gasteiger charge is 2.20. The first-order valence-corrected chi connectivity index (χ1v) is 6.74. The van der Waals surface area contributed by atoms with E-state index in [1.165, 1.54) is 4.88 Å². The Bertz CT molecular complexity index is 287. The number of thiophene rings is 1. The van der Waals surface area contributed by atoms with Gasteiger partial charge in [-0.2, -0.15) is 0 Å². The fourth-order valence-corrected chi connectivity index (χ4v) is 2.32. The molecular formula is C13H24N2S. The van der Waals surface area contributed by atoms with E-state index in [1.807, 2.05) is 11.3 Å². The molecule has 0 amide bonds. The fraction of sp³-hybridized carbons (Fsp3) is 0.692. The average molecular weight is 240 g/mol. The second-order valence-electron chi connectivity index (χ2n) is 5.58. The summed E-state index contributed by atoms with van der Waals surface area (Å²) in [4.78, 5) is 3.77. The van der Waals surface area contributed by atoms with E-state index in [0.717, 1.165) is 19.5 Å². The lowest BCUT2D eigenvalue weighted by molar-refractivity contribution is 0.252. The molecule has 0 aromatic carbocycles. The lowest BCUT2D eigenvalue weighted by Gasteiger charge is -2.28. The van der Waals surface area contributed by atoms with Crippen LogP contribution >= 0.6 is 11.3 Å². The molecule has 1 aromatic rings. The molecule has 0 fully saturated rings. The first-order chi connectivity index (χ1) is 7.39. The van der Waals surface area contributed by atoms with E-state index in [0.29, 0.717) is 0 Å². The predicted molar refractivity (Wildman–Crippen MR) is 72.7 cm³/mol. The van der Waals surface area contributed by atoms with Crippen LogP contribution in [0.2, 0.25) is 0 Å². The summed E-state index contributed by atoms with van der Waals surface area (Å²) in [7, 11) is 2.16. The molecule has 1 atom stereocenters. The van der Waals surface area contributed by atoms with Gasteiger partial charge in [0.2, 0.25) is 0 Å². The van der Waals surface area contributed by atoms with Gasteiger partial charge in [-0.05, 0) is 36.9 Å². The van der Waals surface area contributed by atoms with Crippen LogP contribution in [0.25, 0.3) is 0 Å². The molecule has 0 aliphatic rings. The highest BCUT2D eigenvalue weighted by Crippen LogP contribution is 2.20. The minimum atomic E-state index is 0.212. The quantitative estimate of drug-likeness (QED) is 0.857. The zero-order chi connectivity index (χ0) is 12.2. The van der Waals surface area contributed by atoms with Crippen LogP contribution in [-0.2, 0) is 6.54 Å². The van der Waals surface area contributed by atoms with Crippen molar-refractivity contribution in [3.63, 3.8) is 0 Å². The van der Waals surface area contributed by atoms with E-state index < -0.39 is 0 Å². The van der Waals surface area contributed by atoms with Crippen LogP contribution in [-0.4, -0.2) is 24.5 Å². The summed E-state index contributed by atoms with van der Waals surface area (Å²) in [6, 6.07) is 4.57. The van der Waals surface area contributed by atoms with Gasteiger partial charge in [-0.25, -0.2) is 0 Å². The molecular weight excluding hydrogens is 216 g/mol. The molecule has 16 heavy (non-hydrogen) atoms. The van der Waals surface area contributed by atoms with E-state index >= 15 is 0 Å². The molecule has 0 aliphatic carbocycles. The first kappa shape index (κ1) is 13.7. The van der Waals surface area contributed by atoms with E-state index in [1.54, 1.807) is 0 Å². The Morgan fingerprint density at radius 3 is 2.62 bits per heavy atom. The SMILES string of the molecule is CN(CCC(N)C(C)(C)C)Cc1cccs1. The third-order valence-electron chi connectivity index (χ3n) is 2.94. The van der Waals surface area contributed by atoms with Crippen molar-refractivity contribution in [2.24, 2.45) is 11.1 Å². The molecule has 0 bridgehead atoms. The van der Waals surface area contributed by atoms with Gasteiger partial charge >= 0.3 is 0 Å². The summed E-state index contributed by atoms with van der Waals surface area (Å²) in [5, 5.41) is 2.13. The lowest BCUT2D eigenvalue weighted by atomic mass is 9.85. The van der Waals surface area contributed by atoms with Crippen molar-refractivity contribution in [3.05, 3.63) is 22.4 Å². The van der Waals surface area contributed by atoms with E-state index in [2.05, 4.69) is 50.2 Å². The maximum Gasteiger partial charge on any atom is 0.0324 e. The molecule has 0 radical (unpaired) electrons. The van der Waals surface area contributed by atoms with Crippen molar-refractivity contribution < 1.29 is 0 Å². The van der Waals surface area contributed by atoms with Crippen molar-refractivity contribution in [2.75, 3.05) is 13.6 Å². The molecule has 0 spiro atoms. The van der Waals surface area contributed by atoms with Gasteiger partial charge in [-0.1, -0.05) is 26.8 Å². The number of rotatable bonds is 5. The van der Waals surface area contributed by atoms with Crippen LogP contribution < -0.4 is 5.73 Å². The van der Waals surface area contributed by atoms with Gasteiger partial charge in [0, 0.05) is 17.5 Å². The van der Waals surface area contributed by atoms with E-state index in [-0.39, 0.29) is 11.5 Å². The maximum absolute atomic E-state index is 6.15. The molecule has 0 saturated heterocycles. The average Bonchev–Trinajstić information content (AvgIpc) is 2.65. The number of hydrogen-bond acceptors (Lipinski definition) is 3. The van der Waals surface area contributed by atoms with Crippen molar-refractivity contribution in [2.45, 2.75) is 39.8 Å². The lowest BCUT2D eigenvalue weighted by Crippen LogP contribution is -2.37. The molecule has 2 nitrogen and oxygen atoms in total. The minimum Gasteiger partial charge on any atom is -0.327 e. The minimum absolute atomic E-state index is 0.212. The van der Waals surface area contributed by atoms with Crippen LogP contribution in [0, 0.1) is 5.41 Å². The number of nitrogens with zero attached hydrogens (tertiary/aromatic N) is 1. The Kier molecular flexibility index (Phi) is 4.96. The Morgan fingerprint density at radius 1 is 1.44 bits per heavy atom. The Balaban J connectivity index is 2.28. The van der Waals surface area contributed by atoms with Crippen molar-refractivity contribution in [1.82, 2.24) is 4.90 Å². The second-order valence-corrected chi connectivity index (χ2v) is 6.61. The highest BCUT2D eigenvalue weighted by molar-refractivity contribution is 7.09. The van der Waals surface area contributed by atoms with Crippen LogP contribution in [0.15, 0.2) is 17.5 Å². The van der Waals surface area contributed by atoms with Crippen molar-refractivity contribution in [1.29, 1.82) is 0 Å². The van der Waals surface area contributed by atoms with Gasteiger partial charge in [-0.3, -0.25) is 0 Å². The molecule has 1 unspecified atom stereocenters. The summed E-state index contributed by atoms with van der Waals surface area (Å²) in [5.41, 5.74) is 6.36. The van der Waals surface area contributed by atoms with Crippen LogP contribution in [0.5, 0.6) is 0 Å². The smallest absolute Gasteiger partial charge is 0.0324 e. The van der Waals surface area contributed by atoms with E-state index in [9.17, 15) is 0 Å². The molecule has 0 saturated carbocycles. The molecule has 3 heteroatoms. The number of hydrogen-bond donors (Lipinski definition) is 1. The Hall–Kier alpha value is -0.380. The molecule has 92 valence electrons. The van der Waals surface area contributed by atoms with Gasteiger partial charge in [-0.15, -0.1) is 11.3 Å². The maximum atomic E-state index is 6.15. The fourth-order valence-electron chi connectivity index (χ4n) is 1.54. The molecule has 2 N–H and O–H groups in total. The van der Waals surface area contributed by atoms with Gasteiger partial charge < -0.3 is 10.6 Å². The van der Waals surface area contributed by atoms with Crippen LogP contribution in [0.4, 0.5) is 0 Å². The molecule has 1 aromatic heterocycles. The van der Waals surface area contributed by atoms with Crippen molar-refractivity contribution >= 4 is 11.3 Å². The zero-order valence-electron chi connectivity index (χ0n) is 10.9. The predicted octanol–water partition coefficient (Wildman–Crippen LogP) is 2.94. The van der Waals surface area contributed by atoms with Gasteiger partial charge in [0.1, 0.15) is 0 Å². The van der Waals surface area contributed by atoms with Gasteiger partial charge in [0.15, 0.2) is 0 Å². The zero-order valence-corrected chi connectivity index (χ0v) is 11.7. The second kappa shape index (κ2) is 5.80. The Labute approximate surface area is 103 Å². The summed E-state index contributed by atoms with van der Waals surface area (Å²) < 4.78 is 0. The van der Waals surface area contributed by atoms with Gasteiger partial charge in [0.05, 0.1) is 0 Å². The van der Waals surface area contributed by atoms with Crippen LogP contribution in [0.3, 0.4) is 0 Å². The molecule has 1 rings (SSSR count). The summed E-state index contributed by atoms with van der Waals surface area (Å²) >= 11 is 1.82. The number of nitrogens with two attached hydrogens (primary N) is 1. The first-order valence-electron chi connectivity index (χ1n) is 5.86. The summed E-state index contributed by atoms with van der Waals surface area (Å²) in [6.45, 7) is 8.72. The molecule has 0 aliphatic heterocycles. The third-order valence-corrected chi connectivity index (χ3v) is 3.80. The van der Waals surface area contributed by atoms with Crippen LogP contribution in [0.1, 0.15) is 32.1 Å². The van der Waals surface area contributed by atoms with Crippen molar-refractivity contribution in [3.8, 4) is 0 Å². The standard InChI is InChI=1S/C13H24N2S/c1-13(2,3)12(14)7-8-15(4)10-11-6-5-9-16-11/h5-6,9,12H,7-8,10,14H2,1-4H3. The summed E-state index contributed by atoms with van der Waals surface area (Å²) in [5.74, 6) is 0. The Morgan fingerprint density at radius 2 is 2.12 bits per heavy atom. The monoisotopic (exact) mass is 240 g/mol. The normalized spacial score (nSPS) is 14.4. The van der Waals surface area contributed by atoms with E-state index in [4.69, 9.17) is 5.73 Å². The third kappa shape index (κ3) is 4.64. The summed E-state index contributed by atoms with van der Waals surface area (Å²) in [6.07, 6.45) is 1.06. The van der Waals surface area contributed by atoms with Gasteiger partial charge in [0.25, 0.3) is 0 Å². The molecule has 1 heterocycles.